The number of quaternary nitrogens is 1. The monoisotopic (exact) mass is 1110 g/mol. The molecule has 456 valence electrons. The lowest BCUT2D eigenvalue weighted by atomic mass is 10.0. The van der Waals surface area contributed by atoms with E-state index in [9.17, 15) is 19.0 Å². The summed E-state index contributed by atoms with van der Waals surface area (Å²) in [5.74, 6) is -0.521. The Morgan fingerprint density at radius 2 is 0.753 bits per heavy atom. The zero-order chi connectivity index (χ0) is 56.4. The standard InChI is InChI=1S/C67H131N2O7P/c1-7-10-13-16-19-22-25-27-29-31-32-33-34-35-36-38-40-42-45-48-51-54-57-60-67(71)76-65(58-55-52-49-46-43-24-21-18-15-12-9-3)64(63-75-77(72,73)74-62-61-69(4,5)6)68-66(70)59-56-53-50-47-44-41-39-37-30-28-26-23-20-17-14-11-8-2/h27,29,55,58,64-65H,7-26,28,30-54,56-57,59-63H2,1-6H3,(H-,68,70,72,73)/b29-27+,58-55+. The second-order valence-corrected chi connectivity index (χ2v) is 25.7. The number of esters is 1. The van der Waals surface area contributed by atoms with Gasteiger partial charge in [0.05, 0.1) is 33.8 Å². The van der Waals surface area contributed by atoms with Gasteiger partial charge >= 0.3 is 5.97 Å². The van der Waals surface area contributed by atoms with Gasteiger partial charge in [0.1, 0.15) is 19.3 Å². The Morgan fingerprint density at radius 3 is 1.10 bits per heavy atom. The number of phosphoric acid groups is 1. The van der Waals surface area contributed by atoms with Gasteiger partial charge in [0.25, 0.3) is 7.82 Å². The van der Waals surface area contributed by atoms with Crippen molar-refractivity contribution in [3.05, 3.63) is 24.3 Å². The van der Waals surface area contributed by atoms with Gasteiger partial charge in [0.15, 0.2) is 0 Å². The Bertz CT molecular complexity index is 1370. The Morgan fingerprint density at radius 1 is 0.442 bits per heavy atom. The summed E-state index contributed by atoms with van der Waals surface area (Å²) in [7, 11) is 1.20. The van der Waals surface area contributed by atoms with Crippen LogP contribution in [0.15, 0.2) is 24.3 Å². The molecule has 0 spiro atoms. The summed E-state index contributed by atoms with van der Waals surface area (Å²) in [6, 6.07) is -0.882. The van der Waals surface area contributed by atoms with E-state index in [1.54, 1.807) is 0 Å². The van der Waals surface area contributed by atoms with E-state index in [2.05, 4.69) is 38.2 Å². The highest BCUT2D eigenvalue weighted by Gasteiger charge is 2.27. The number of phosphoric ester groups is 1. The average molecular weight is 1110 g/mol. The Hall–Kier alpha value is -1.51. The second-order valence-electron chi connectivity index (χ2n) is 24.3. The molecule has 0 aromatic rings. The van der Waals surface area contributed by atoms with Gasteiger partial charge in [-0.1, -0.05) is 296 Å². The third-order valence-electron chi connectivity index (χ3n) is 15.4. The molecule has 0 radical (unpaired) electrons. The van der Waals surface area contributed by atoms with Crippen LogP contribution in [0.2, 0.25) is 0 Å². The number of carbonyl (C=O) groups excluding carboxylic acids is 2. The van der Waals surface area contributed by atoms with Crippen LogP contribution in [-0.2, 0) is 27.9 Å². The molecule has 77 heavy (non-hydrogen) atoms. The number of ether oxygens (including phenoxy) is 1. The van der Waals surface area contributed by atoms with Crippen molar-refractivity contribution in [2.45, 2.75) is 354 Å². The van der Waals surface area contributed by atoms with Crippen LogP contribution in [0.5, 0.6) is 0 Å². The molecule has 0 rings (SSSR count). The Kier molecular flexibility index (Phi) is 56.6. The van der Waals surface area contributed by atoms with Crippen molar-refractivity contribution in [2.24, 2.45) is 0 Å². The molecule has 0 aliphatic rings. The van der Waals surface area contributed by atoms with Crippen LogP contribution in [-0.4, -0.2) is 69.4 Å². The highest BCUT2D eigenvalue weighted by atomic mass is 31.2. The zero-order valence-corrected chi connectivity index (χ0v) is 53.1. The maximum atomic E-state index is 13.5. The number of hydrogen-bond acceptors (Lipinski definition) is 7. The van der Waals surface area contributed by atoms with Crippen molar-refractivity contribution in [1.82, 2.24) is 5.32 Å². The molecule has 9 nitrogen and oxygen atoms in total. The van der Waals surface area contributed by atoms with E-state index in [1.807, 2.05) is 33.3 Å². The van der Waals surface area contributed by atoms with Gasteiger partial charge in [-0.2, -0.15) is 0 Å². The molecule has 0 saturated heterocycles. The average Bonchev–Trinajstić information content (AvgIpc) is 3.39. The lowest BCUT2D eigenvalue weighted by Crippen LogP contribution is -2.47. The molecule has 0 aromatic heterocycles. The summed E-state index contributed by atoms with van der Waals surface area (Å²) in [5, 5.41) is 3.04. The minimum absolute atomic E-state index is 0.0182. The first-order valence-electron chi connectivity index (χ1n) is 33.6. The summed E-state index contributed by atoms with van der Waals surface area (Å²) in [6.07, 6.45) is 68.7. The van der Waals surface area contributed by atoms with E-state index in [0.717, 1.165) is 57.8 Å². The first kappa shape index (κ1) is 75.5. The number of nitrogens with zero attached hydrogens (tertiary/aromatic N) is 1. The van der Waals surface area contributed by atoms with Gasteiger partial charge in [-0.15, -0.1) is 0 Å². The van der Waals surface area contributed by atoms with E-state index in [4.69, 9.17) is 13.8 Å². The highest BCUT2D eigenvalue weighted by Crippen LogP contribution is 2.38. The predicted molar refractivity (Wildman–Crippen MR) is 330 cm³/mol. The van der Waals surface area contributed by atoms with Crippen molar-refractivity contribution in [3.8, 4) is 0 Å². The molecule has 3 atom stereocenters. The van der Waals surface area contributed by atoms with Gasteiger partial charge < -0.3 is 28.5 Å². The fourth-order valence-electron chi connectivity index (χ4n) is 10.2. The number of amides is 1. The Balaban J connectivity index is 5.05. The number of nitrogens with one attached hydrogen (secondary N) is 1. The summed E-state index contributed by atoms with van der Waals surface area (Å²) < 4.78 is 30.4. The van der Waals surface area contributed by atoms with Crippen molar-refractivity contribution < 1.29 is 37.3 Å². The third-order valence-corrected chi connectivity index (χ3v) is 16.3. The molecule has 0 aliphatic carbocycles. The second kappa shape index (κ2) is 57.7. The van der Waals surface area contributed by atoms with Crippen LogP contribution in [0.4, 0.5) is 0 Å². The summed E-state index contributed by atoms with van der Waals surface area (Å²) in [5.41, 5.74) is 0. The van der Waals surface area contributed by atoms with Crippen molar-refractivity contribution >= 4 is 19.7 Å². The molecule has 0 aromatic carbocycles. The minimum Gasteiger partial charge on any atom is -0.756 e. The van der Waals surface area contributed by atoms with E-state index in [0.29, 0.717) is 17.4 Å². The van der Waals surface area contributed by atoms with E-state index in [-0.39, 0.29) is 31.5 Å². The molecular weight excluding hydrogens is 976 g/mol. The number of rotatable bonds is 62. The number of unbranched alkanes of at least 4 members (excludes halogenated alkanes) is 44. The van der Waals surface area contributed by atoms with Gasteiger partial charge in [-0.05, 0) is 57.4 Å². The van der Waals surface area contributed by atoms with E-state index in [1.165, 1.54) is 250 Å². The van der Waals surface area contributed by atoms with Gasteiger partial charge in [-0.25, -0.2) is 0 Å². The quantitative estimate of drug-likeness (QED) is 0.0212. The lowest BCUT2D eigenvalue weighted by molar-refractivity contribution is -0.870. The molecule has 0 aliphatic heterocycles. The zero-order valence-electron chi connectivity index (χ0n) is 52.2. The van der Waals surface area contributed by atoms with E-state index < -0.39 is 20.0 Å². The molecule has 3 unspecified atom stereocenters. The first-order chi connectivity index (χ1) is 37.4. The predicted octanol–water partition coefficient (Wildman–Crippen LogP) is 20.3. The molecule has 0 fully saturated rings. The van der Waals surface area contributed by atoms with Crippen LogP contribution < -0.4 is 10.2 Å². The summed E-state index contributed by atoms with van der Waals surface area (Å²) in [6.45, 7) is 6.89. The van der Waals surface area contributed by atoms with Crippen LogP contribution in [0.1, 0.15) is 342 Å². The van der Waals surface area contributed by atoms with Crippen LogP contribution in [0, 0.1) is 0 Å². The lowest BCUT2D eigenvalue weighted by Gasteiger charge is -2.30. The highest BCUT2D eigenvalue weighted by molar-refractivity contribution is 7.45. The topological polar surface area (TPSA) is 114 Å². The van der Waals surface area contributed by atoms with Crippen molar-refractivity contribution in [2.75, 3.05) is 40.9 Å². The maximum Gasteiger partial charge on any atom is 0.306 e. The number of allylic oxidation sites excluding steroid dienone is 3. The van der Waals surface area contributed by atoms with Crippen LogP contribution >= 0.6 is 7.82 Å². The third kappa shape index (κ3) is 58.9. The molecule has 1 N–H and O–H groups in total. The minimum atomic E-state index is -4.69. The van der Waals surface area contributed by atoms with Crippen LogP contribution in [0.25, 0.3) is 0 Å². The Labute approximate surface area is 479 Å². The van der Waals surface area contributed by atoms with Gasteiger partial charge in [-0.3, -0.25) is 14.2 Å². The smallest absolute Gasteiger partial charge is 0.306 e. The van der Waals surface area contributed by atoms with E-state index >= 15 is 0 Å². The molecule has 10 heteroatoms. The number of carbonyl (C=O) groups is 2. The largest absolute Gasteiger partial charge is 0.756 e. The number of likely N-dealkylation sites (N-methyl/N-ethyl adjacent to an activating group) is 1. The van der Waals surface area contributed by atoms with Gasteiger partial charge in [0.2, 0.25) is 5.91 Å². The molecule has 0 heterocycles. The van der Waals surface area contributed by atoms with Gasteiger partial charge in [0, 0.05) is 12.8 Å². The molecule has 1 amide bonds. The fourth-order valence-corrected chi connectivity index (χ4v) is 10.9. The fraction of sp³-hybridized carbons (Fsp3) is 0.910. The van der Waals surface area contributed by atoms with Crippen LogP contribution in [0.3, 0.4) is 0 Å². The van der Waals surface area contributed by atoms with Crippen molar-refractivity contribution in [1.29, 1.82) is 0 Å². The molecule has 0 saturated carbocycles. The first-order valence-corrected chi connectivity index (χ1v) is 35.1. The normalized spacial score (nSPS) is 13.7. The maximum absolute atomic E-state index is 13.5. The summed E-state index contributed by atoms with van der Waals surface area (Å²) in [4.78, 5) is 40.0. The summed E-state index contributed by atoms with van der Waals surface area (Å²) >= 11 is 0. The van der Waals surface area contributed by atoms with Crippen molar-refractivity contribution in [3.63, 3.8) is 0 Å². The molecule has 0 bridgehead atoms. The molecular formula is C67H131N2O7P. The number of hydrogen-bond donors (Lipinski definition) is 1. The SMILES string of the molecule is CCCCCCCC/C=C/CCCCCCCCCCCCCCCC(=O)OC(/C=C/CCCCCCCCCCC)C(COP(=O)([O-])OCC[N+](C)(C)C)NC(=O)CCCCCCCCCCCCCCCCCCC.